The summed E-state index contributed by atoms with van der Waals surface area (Å²) in [7, 11) is 0. The first-order valence-electron chi connectivity index (χ1n) is 10.4. The third-order valence-corrected chi connectivity index (χ3v) is 5.80. The second-order valence-corrected chi connectivity index (χ2v) is 7.80. The van der Waals surface area contributed by atoms with E-state index in [1.165, 1.54) is 16.7 Å². The van der Waals surface area contributed by atoms with Gasteiger partial charge < -0.3 is 15.3 Å². The molecular weight excluding hydrogens is 360 g/mol. The Hall–Kier alpha value is -2.94. The number of aromatic hydroxyl groups is 3. The van der Waals surface area contributed by atoms with Crippen molar-refractivity contribution in [1.29, 1.82) is 0 Å². The minimum absolute atomic E-state index is 0.172. The maximum absolute atomic E-state index is 9.80. The minimum atomic E-state index is -0.172. The fourth-order valence-electron chi connectivity index (χ4n) is 4.17. The fourth-order valence-corrected chi connectivity index (χ4v) is 4.17. The van der Waals surface area contributed by atoms with E-state index in [1.54, 1.807) is 36.4 Å². The highest BCUT2D eigenvalue weighted by Crippen LogP contribution is 2.42. The van der Waals surface area contributed by atoms with Crippen LogP contribution in [0.2, 0.25) is 0 Å². The molecule has 0 saturated heterocycles. The van der Waals surface area contributed by atoms with Crippen molar-refractivity contribution in [2.24, 2.45) is 0 Å². The summed E-state index contributed by atoms with van der Waals surface area (Å²) in [5, 5.41) is 29.1. The molecule has 0 amide bonds. The van der Waals surface area contributed by atoms with Crippen LogP contribution in [0, 0.1) is 0 Å². The molecule has 3 aromatic carbocycles. The number of phenols is 3. The molecule has 3 nitrogen and oxygen atoms in total. The van der Waals surface area contributed by atoms with Crippen molar-refractivity contribution in [3.8, 4) is 17.2 Å². The van der Waals surface area contributed by atoms with E-state index in [0.29, 0.717) is 5.75 Å². The van der Waals surface area contributed by atoms with Crippen molar-refractivity contribution in [3.63, 3.8) is 0 Å². The number of aryl methyl sites for hydroxylation is 1. The van der Waals surface area contributed by atoms with Crippen LogP contribution in [0.25, 0.3) is 0 Å². The molecule has 3 rings (SSSR count). The van der Waals surface area contributed by atoms with E-state index in [9.17, 15) is 15.3 Å². The number of hydrogen-bond acceptors (Lipinski definition) is 3. The van der Waals surface area contributed by atoms with Crippen molar-refractivity contribution in [2.75, 3.05) is 0 Å². The van der Waals surface area contributed by atoms with E-state index >= 15 is 0 Å². The zero-order valence-corrected chi connectivity index (χ0v) is 17.0. The Balaban J connectivity index is 1.94. The normalized spacial score (nSPS) is 11.5. The Morgan fingerprint density at radius 2 is 1.00 bits per heavy atom. The van der Waals surface area contributed by atoms with Gasteiger partial charge in [-0.3, -0.25) is 0 Å². The number of hydrogen-bond donors (Lipinski definition) is 3. The number of rotatable bonds is 9. The van der Waals surface area contributed by atoms with Crippen molar-refractivity contribution < 1.29 is 15.3 Å². The van der Waals surface area contributed by atoms with Crippen LogP contribution < -0.4 is 0 Å². The van der Waals surface area contributed by atoms with Crippen LogP contribution in [0.4, 0.5) is 0 Å². The molecule has 0 aliphatic rings. The second kappa shape index (κ2) is 9.51. The fraction of sp³-hybridized carbons (Fsp3) is 0.308. The molecule has 3 aromatic rings. The van der Waals surface area contributed by atoms with Gasteiger partial charge in [0.1, 0.15) is 17.2 Å². The molecule has 0 atom stereocenters. The SMILES string of the molecule is CCCCC(CCCc1ccc(O)cc1)(c1ccc(O)cc1)c1ccc(O)cc1. The molecule has 29 heavy (non-hydrogen) atoms. The Labute approximate surface area is 173 Å². The van der Waals surface area contributed by atoms with Gasteiger partial charge >= 0.3 is 0 Å². The third kappa shape index (κ3) is 5.11. The van der Waals surface area contributed by atoms with Gasteiger partial charge in [-0.25, -0.2) is 0 Å². The summed E-state index contributed by atoms with van der Waals surface area (Å²) in [5.41, 5.74) is 3.43. The molecule has 152 valence electrons. The first-order chi connectivity index (χ1) is 14.0. The molecule has 3 N–H and O–H groups in total. The number of phenolic OH excluding ortho intramolecular Hbond substituents is 3. The Kier molecular flexibility index (Phi) is 6.82. The summed E-state index contributed by atoms with van der Waals surface area (Å²) in [4.78, 5) is 0. The molecule has 0 aromatic heterocycles. The quantitative estimate of drug-likeness (QED) is 0.402. The summed E-state index contributed by atoms with van der Waals surface area (Å²) in [6.07, 6.45) is 6.11. The van der Waals surface area contributed by atoms with Crippen LogP contribution in [0.1, 0.15) is 55.7 Å². The van der Waals surface area contributed by atoms with Gasteiger partial charge in [0.25, 0.3) is 0 Å². The molecule has 0 aliphatic heterocycles. The van der Waals surface area contributed by atoms with Crippen LogP contribution in [0.15, 0.2) is 72.8 Å². The molecule has 0 unspecified atom stereocenters. The molecule has 0 saturated carbocycles. The topological polar surface area (TPSA) is 60.7 Å². The minimum Gasteiger partial charge on any atom is -0.508 e. The molecule has 0 heterocycles. The second-order valence-electron chi connectivity index (χ2n) is 7.80. The van der Waals surface area contributed by atoms with Gasteiger partial charge in [-0.15, -0.1) is 0 Å². The van der Waals surface area contributed by atoms with Gasteiger partial charge in [0.05, 0.1) is 0 Å². The lowest BCUT2D eigenvalue weighted by molar-refractivity contribution is 0.405. The van der Waals surface area contributed by atoms with Gasteiger partial charge in [-0.1, -0.05) is 56.2 Å². The van der Waals surface area contributed by atoms with Gasteiger partial charge in [0.2, 0.25) is 0 Å². The average molecular weight is 391 g/mol. The summed E-state index contributed by atoms with van der Waals surface area (Å²) in [6, 6.07) is 22.6. The third-order valence-electron chi connectivity index (χ3n) is 5.80. The first-order valence-corrected chi connectivity index (χ1v) is 10.4. The van der Waals surface area contributed by atoms with Crippen molar-refractivity contribution in [2.45, 2.75) is 50.9 Å². The average Bonchev–Trinajstić information content (AvgIpc) is 2.73. The van der Waals surface area contributed by atoms with Crippen LogP contribution >= 0.6 is 0 Å². The lowest BCUT2D eigenvalue weighted by Gasteiger charge is -2.36. The number of unbranched alkanes of at least 4 members (excludes halogenated alkanes) is 1. The molecule has 0 bridgehead atoms. The Morgan fingerprint density at radius 3 is 1.45 bits per heavy atom. The smallest absolute Gasteiger partial charge is 0.115 e. The van der Waals surface area contributed by atoms with Crippen LogP contribution in [-0.4, -0.2) is 15.3 Å². The van der Waals surface area contributed by atoms with Gasteiger partial charge in [0.15, 0.2) is 0 Å². The van der Waals surface area contributed by atoms with Crippen molar-refractivity contribution in [3.05, 3.63) is 89.5 Å². The molecular formula is C26H30O3. The standard InChI is InChI=1S/C26H30O3/c1-2-3-18-26(21-8-14-24(28)15-9-21,22-10-16-25(29)17-11-22)19-4-5-20-6-12-23(27)13-7-20/h6-17,27-29H,2-5,18-19H2,1H3. The summed E-state index contributed by atoms with van der Waals surface area (Å²) >= 11 is 0. The molecule has 3 heteroatoms. The van der Waals surface area contributed by atoms with E-state index in [1.807, 2.05) is 36.4 Å². The molecule has 0 fully saturated rings. The first kappa shape index (κ1) is 20.8. The maximum atomic E-state index is 9.80. The Morgan fingerprint density at radius 1 is 0.586 bits per heavy atom. The zero-order chi connectivity index (χ0) is 20.7. The van der Waals surface area contributed by atoms with Crippen molar-refractivity contribution >= 4 is 0 Å². The molecule has 0 spiro atoms. The zero-order valence-electron chi connectivity index (χ0n) is 17.0. The number of benzene rings is 3. The summed E-state index contributed by atoms with van der Waals surface area (Å²) in [5.74, 6) is 0.833. The predicted octanol–water partition coefficient (Wildman–Crippen LogP) is 6.30. The van der Waals surface area contributed by atoms with Gasteiger partial charge in [0, 0.05) is 5.41 Å². The van der Waals surface area contributed by atoms with Crippen molar-refractivity contribution in [1.82, 2.24) is 0 Å². The lowest BCUT2D eigenvalue weighted by atomic mass is 9.68. The van der Waals surface area contributed by atoms with Gasteiger partial charge in [-0.2, -0.15) is 0 Å². The van der Waals surface area contributed by atoms with E-state index in [-0.39, 0.29) is 16.9 Å². The highest BCUT2D eigenvalue weighted by atomic mass is 16.3. The van der Waals surface area contributed by atoms with Crippen LogP contribution in [0.3, 0.4) is 0 Å². The molecule has 0 aliphatic carbocycles. The van der Waals surface area contributed by atoms with Crippen LogP contribution in [-0.2, 0) is 11.8 Å². The van der Waals surface area contributed by atoms with Gasteiger partial charge in [-0.05, 0) is 78.8 Å². The predicted molar refractivity (Wildman–Crippen MR) is 118 cm³/mol. The maximum Gasteiger partial charge on any atom is 0.115 e. The van der Waals surface area contributed by atoms with E-state index in [2.05, 4.69) is 6.92 Å². The van der Waals surface area contributed by atoms with Crippen LogP contribution in [0.5, 0.6) is 17.2 Å². The van der Waals surface area contributed by atoms with E-state index < -0.39 is 0 Å². The lowest BCUT2D eigenvalue weighted by Crippen LogP contribution is -2.28. The summed E-state index contributed by atoms with van der Waals surface area (Å²) in [6.45, 7) is 2.20. The molecule has 0 radical (unpaired) electrons. The van der Waals surface area contributed by atoms with E-state index in [0.717, 1.165) is 38.5 Å². The monoisotopic (exact) mass is 390 g/mol. The highest BCUT2D eigenvalue weighted by molar-refractivity contribution is 5.43. The Bertz CT molecular complexity index is 835. The highest BCUT2D eigenvalue weighted by Gasteiger charge is 2.33. The largest absolute Gasteiger partial charge is 0.508 e. The van der Waals surface area contributed by atoms with E-state index in [4.69, 9.17) is 0 Å². The summed E-state index contributed by atoms with van der Waals surface area (Å²) < 4.78 is 0.